The highest BCUT2D eigenvalue weighted by molar-refractivity contribution is 6.03. The van der Waals surface area contributed by atoms with Gasteiger partial charge < -0.3 is 21.8 Å². The van der Waals surface area contributed by atoms with Crippen LogP contribution in [0.15, 0.2) is 54.1 Å². The van der Waals surface area contributed by atoms with Crippen LogP contribution in [0.4, 0.5) is 14.6 Å². The Morgan fingerprint density at radius 2 is 1.91 bits per heavy atom. The third kappa shape index (κ3) is 8.54. The molecule has 2 unspecified atom stereocenters. The third-order valence-corrected chi connectivity index (χ3v) is 4.21. The van der Waals surface area contributed by atoms with Crippen molar-refractivity contribution in [3.63, 3.8) is 0 Å². The zero-order valence-corrected chi connectivity index (χ0v) is 20.3. The van der Waals surface area contributed by atoms with Crippen LogP contribution in [0.25, 0.3) is 11.1 Å². The number of anilines is 1. The van der Waals surface area contributed by atoms with Gasteiger partial charge in [0.15, 0.2) is 11.7 Å². The maximum absolute atomic E-state index is 14.0. The van der Waals surface area contributed by atoms with Crippen molar-refractivity contribution in [2.45, 2.75) is 53.3 Å². The van der Waals surface area contributed by atoms with Gasteiger partial charge in [0.05, 0.1) is 37.1 Å². The summed E-state index contributed by atoms with van der Waals surface area (Å²) in [5.41, 5.74) is 7.33. The van der Waals surface area contributed by atoms with Gasteiger partial charge >= 0.3 is 0 Å². The average molecular weight is 483 g/mol. The average Bonchev–Trinajstić information content (AvgIpc) is 3.29. The predicted molar refractivity (Wildman–Crippen MR) is 131 cm³/mol. The summed E-state index contributed by atoms with van der Waals surface area (Å²) in [4.78, 5) is 4.09. The van der Waals surface area contributed by atoms with E-state index in [0.29, 0.717) is 11.1 Å². The number of hydrazone groups is 1. The second-order valence-corrected chi connectivity index (χ2v) is 6.77. The molecule has 0 aliphatic carbocycles. The molecule has 10 nitrogen and oxygen atoms in total. The Bertz CT molecular complexity index is 958. The maximum atomic E-state index is 14.0. The summed E-state index contributed by atoms with van der Waals surface area (Å²) in [5, 5.41) is 27.0. The lowest BCUT2D eigenvalue weighted by atomic mass is 10.1. The molecular weight excluding hydrogens is 446 g/mol. The first-order valence-electron chi connectivity index (χ1n) is 10.6. The molecule has 34 heavy (non-hydrogen) atoms. The van der Waals surface area contributed by atoms with E-state index in [4.69, 9.17) is 22.5 Å². The van der Waals surface area contributed by atoms with Crippen molar-refractivity contribution in [1.29, 1.82) is 0 Å². The van der Waals surface area contributed by atoms with Crippen LogP contribution in [-0.4, -0.2) is 54.6 Å². The van der Waals surface area contributed by atoms with Gasteiger partial charge in [0.2, 0.25) is 0 Å². The van der Waals surface area contributed by atoms with Gasteiger partial charge in [0, 0.05) is 23.5 Å². The van der Waals surface area contributed by atoms with Gasteiger partial charge in [-0.1, -0.05) is 19.9 Å². The van der Waals surface area contributed by atoms with Crippen LogP contribution in [0.2, 0.25) is 0 Å². The maximum Gasteiger partial charge on any atom is 0.173 e. The van der Waals surface area contributed by atoms with Crippen molar-refractivity contribution in [3.8, 4) is 11.1 Å². The number of nitrogens with two attached hydrogens (primary N) is 3. The minimum Gasteiger partial charge on any atom is -0.394 e. The Morgan fingerprint density at radius 3 is 2.41 bits per heavy atom. The van der Waals surface area contributed by atoms with Crippen LogP contribution in [-0.2, 0) is 6.54 Å². The number of hydrazine groups is 1. The number of rotatable bonds is 7. The lowest BCUT2D eigenvalue weighted by Gasteiger charge is -2.26. The molecule has 0 bridgehead atoms. The quantitative estimate of drug-likeness (QED) is 0.132. The van der Waals surface area contributed by atoms with E-state index in [9.17, 15) is 13.9 Å². The van der Waals surface area contributed by atoms with E-state index in [1.54, 1.807) is 18.3 Å². The molecule has 0 fully saturated rings. The fraction of sp³-hybridized carbons (Fsp3) is 0.409. The summed E-state index contributed by atoms with van der Waals surface area (Å²) in [6.07, 6.45) is 5.44. The summed E-state index contributed by atoms with van der Waals surface area (Å²) in [6, 6.07) is 0.391. The van der Waals surface area contributed by atoms with Crippen LogP contribution in [0.3, 0.4) is 0 Å². The summed E-state index contributed by atoms with van der Waals surface area (Å²) < 4.78 is 28.6. The highest BCUT2D eigenvalue weighted by atomic mass is 19.2. The topological polar surface area (TPSA) is 165 Å². The molecule has 2 rings (SSSR count). The van der Waals surface area contributed by atoms with Crippen molar-refractivity contribution in [2.24, 2.45) is 16.8 Å². The number of aromatic nitrogens is 3. The Balaban J connectivity index is 0.00000201. The number of hydrogen-bond donors (Lipinski definition) is 5. The van der Waals surface area contributed by atoms with Crippen LogP contribution in [0.1, 0.15) is 40.2 Å². The summed E-state index contributed by atoms with van der Waals surface area (Å²) in [6.45, 7) is 11.3. The van der Waals surface area contributed by atoms with Gasteiger partial charge in [0.25, 0.3) is 0 Å². The van der Waals surface area contributed by atoms with Crippen molar-refractivity contribution in [1.82, 2.24) is 19.8 Å². The molecule has 0 saturated heterocycles. The van der Waals surface area contributed by atoms with Crippen LogP contribution < -0.4 is 17.4 Å². The fourth-order valence-corrected chi connectivity index (χ4v) is 2.57. The largest absolute Gasteiger partial charge is 0.394 e. The normalized spacial score (nSPS) is 13.4. The molecule has 2 atom stereocenters. The summed E-state index contributed by atoms with van der Waals surface area (Å²) in [5.74, 6) is 9.20. The fourth-order valence-electron chi connectivity index (χ4n) is 2.57. The molecule has 190 valence electrons. The molecule has 0 radical (unpaired) electrons. The van der Waals surface area contributed by atoms with Crippen molar-refractivity contribution < 1.29 is 19.0 Å². The zero-order chi connectivity index (χ0) is 26.4. The first-order valence-corrected chi connectivity index (χ1v) is 10.6. The number of hydrogen-bond acceptors (Lipinski definition) is 8. The minimum atomic E-state index is -1.19. The number of nitrogen functional groups attached to an aromatic ring is 1. The van der Waals surface area contributed by atoms with E-state index >= 15 is 0 Å². The SMILES string of the molecule is C/C(F)=C(/F)C(C)N(N)/C(=N\N)c1cc(-c2cnn(CC(O)CO)c2)cnc1N.C=CC.CC. The first-order chi connectivity index (χ1) is 16.1. The Morgan fingerprint density at radius 1 is 1.32 bits per heavy atom. The van der Waals surface area contributed by atoms with Gasteiger partial charge in [-0.2, -0.15) is 10.2 Å². The van der Waals surface area contributed by atoms with Crippen molar-refractivity contribution in [2.75, 3.05) is 12.3 Å². The molecule has 2 heterocycles. The molecule has 0 aliphatic heterocycles. The summed E-state index contributed by atoms with van der Waals surface area (Å²) >= 11 is 0. The first kappa shape index (κ1) is 30.6. The number of nitrogens with zero attached hydrogens (tertiary/aromatic N) is 5. The van der Waals surface area contributed by atoms with Crippen LogP contribution >= 0.6 is 0 Å². The van der Waals surface area contributed by atoms with Gasteiger partial charge in [-0.3, -0.25) is 9.69 Å². The van der Waals surface area contributed by atoms with E-state index in [0.717, 1.165) is 11.9 Å². The molecule has 8 N–H and O–H groups in total. The van der Waals surface area contributed by atoms with Crippen molar-refractivity contribution >= 4 is 11.7 Å². The van der Waals surface area contributed by atoms with E-state index in [2.05, 4.69) is 21.8 Å². The van der Waals surface area contributed by atoms with E-state index < -0.39 is 30.4 Å². The molecule has 0 aromatic carbocycles. The number of amidine groups is 1. The van der Waals surface area contributed by atoms with E-state index in [-0.39, 0.29) is 23.8 Å². The smallest absolute Gasteiger partial charge is 0.173 e. The standard InChI is InChI=1S/C17H24F2N8O2.C3H6.C2H6/c1-9(18)15(19)10(2)27(22)17(25-21)14-3-11(4-23-16(14)20)12-5-24-26(6-12)7-13(29)8-28;1-3-2;1-2/h3-6,10,13,28-29H,7-8,21-22H2,1-2H3,(H2,20,23);3H,1H2,2H3;1-2H3/b15-9-,25-17-;;. The number of allylic oxidation sites excluding steroid dienone is 2. The molecule has 0 spiro atoms. The number of aliphatic hydroxyl groups is 2. The lowest BCUT2D eigenvalue weighted by Crippen LogP contribution is -2.46. The molecule has 2 aromatic heterocycles. The number of halogens is 2. The summed E-state index contributed by atoms with van der Waals surface area (Å²) in [7, 11) is 0. The molecule has 0 aliphatic rings. The van der Waals surface area contributed by atoms with Gasteiger partial charge in [0.1, 0.15) is 11.6 Å². The zero-order valence-electron chi connectivity index (χ0n) is 20.3. The molecular formula is C22H36F2N8O2. The van der Waals surface area contributed by atoms with Gasteiger partial charge in [-0.05, 0) is 26.8 Å². The predicted octanol–water partition coefficient (Wildman–Crippen LogP) is 2.45. The Labute approximate surface area is 199 Å². The molecule has 0 saturated carbocycles. The lowest BCUT2D eigenvalue weighted by molar-refractivity contribution is 0.0783. The second kappa shape index (κ2) is 15.5. The Kier molecular flexibility index (Phi) is 14.0. The highest BCUT2D eigenvalue weighted by Crippen LogP contribution is 2.24. The highest BCUT2D eigenvalue weighted by Gasteiger charge is 2.24. The molecule has 12 heteroatoms. The number of aliphatic hydroxyl groups excluding tert-OH is 2. The Hall–Kier alpha value is -3.35. The number of pyridine rings is 1. The van der Waals surface area contributed by atoms with Crippen molar-refractivity contribution in [3.05, 3.63) is 54.5 Å². The van der Waals surface area contributed by atoms with Crippen LogP contribution in [0, 0.1) is 0 Å². The van der Waals surface area contributed by atoms with E-state index in [1.807, 2.05) is 20.8 Å². The van der Waals surface area contributed by atoms with Gasteiger partial charge in [-0.15, -0.1) is 6.58 Å². The molecule has 0 amide bonds. The van der Waals surface area contributed by atoms with Gasteiger partial charge in [-0.25, -0.2) is 19.6 Å². The van der Waals surface area contributed by atoms with Crippen LogP contribution in [0.5, 0.6) is 0 Å². The van der Waals surface area contributed by atoms with E-state index in [1.165, 1.54) is 24.0 Å². The molecule has 2 aromatic rings. The third-order valence-electron chi connectivity index (χ3n) is 4.21. The minimum absolute atomic E-state index is 0.0325. The second-order valence-electron chi connectivity index (χ2n) is 6.77. The monoisotopic (exact) mass is 482 g/mol.